The SMILES string of the molecule is CC(=O)O[C@H]1C(=O)[C@]2(C)[C@@H](O)C[C@H]3OC[C@@]3(OC(C)=O)C23[C@H](OC(=O)c2ccccc2)C2(O)C[C@H](OC(=O)[C@H](O)C(NC(=O)c4ccccc4)c4ccccc4)[C@@H](C)C13C2(C)C. The topological polar surface area (TPSA) is 221 Å². The summed E-state index contributed by atoms with van der Waals surface area (Å²) in [4.78, 5) is 84.6. The molecular weight excluding hydrogens is 803 g/mol. The molecule has 4 N–H and O–H groups in total. The molecule has 15 heteroatoms. The molecule has 0 aromatic heterocycles. The first-order valence-electron chi connectivity index (χ1n) is 20.8. The normalized spacial score (nSPS) is 36.9. The largest absolute Gasteiger partial charge is 0.460 e. The lowest BCUT2D eigenvalue weighted by Gasteiger charge is -2.70. The van der Waals surface area contributed by atoms with Gasteiger partial charge in [0.25, 0.3) is 5.91 Å². The highest BCUT2D eigenvalue weighted by atomic mass is 16.6. The number of carbonyl (C=O) groups is 6. The van der Waals surface area contributed by atoms with Gasteiger partial charge in [-0.3, -0.25) is 19.2 Å². The number of carbonyl (C=O) groups excluding carboxylic acids is 6. The number of ketones is 1. The van der Waals surface area contributed by atoms with Crippen molar-refractivity contribution in [3.8, 4) is 0 Å². The number of amides is 1. The third-order valence-electron chi connectivity index (χ3n) is 15.3. The van der Waals surface area contributed by atoms with Crippen LogP contribution in [-0.2, 0) is 42.9 Å². The summed E-state index contributed by atoms with van der Waals surface area (Å²) < 4.78 is 31.3. The highest BCUT2D eigenvalue weighted by Crippen LogP contribution is 2.89. The van der Waals surface area contributed by atoms with E-state index in [-0.39, 0.29) is 24.2 Å². The standard InChI is InChI=1S/C47H51NO14/c1-25-31(60-40(56)35(52)34(28-16-10-7-11-17-28)48-38(54)29-18-12-8-13-19-29)23-44(57)41(61-39(55)30-20-14-9-15-21-30)47-43(6,32(51)22-33-45(47,24-58-33)62-27(3)50)36(53)37(59-26(2)49)46(25,47)42(44,4)5/h7-21,25,31-35,37,41,51-52,57H,22-24H2,1-6H3,(H,48,54)/t25-,31+,32+,33-,34?,35-,37+,41-,43+,44?,45+,46?,47?/m1/s1. The minimum atomic E-state index is -2.31. The first kappa shape index (κ1) is 43.2. The lowest BCUT2D eigenvalue weighted by molar-refractivity contribution is -0.387. The maximum absolute atomic E-state index is 15.5. The van der Waals surface area contributed by atoms with Gasteiger partial charge in [-0.15, -0.1) is 0 Å². The van der Waals surface area contributed by atoms with E-state index in [0.29, 0.717) is 5.56 Å². The molecule has 5 aliphatic rings. The van der Waals surface area contributed by atoms with Gasteiger partial charge in [-0.05, 0) is 36.8 Å². The highest BCUT2D eigenvalue weighted by molar-refractivity contribution is 5.98. The molecule has 1 amide bonds. The average molecular weight is 854 g/mol. The molecule has 4 saturated carbocycles. The second-order valence-corrected chi connectivity index (χ2v) is 18.1. The summed E-state index contributed by atoms with van der Waals surface area (Å²) in [5.41, 5.74) is -11.4. The minimum Gasteiger partial charge on any atom is -0.460 e. The quantitative estimate of drug-likeness (QED) is 0.170. The van der Waals surface area contributed by atoms with E-state index in [0.717, 1.165) is 13.8 Å². The van der Waals surface area contributed by atoms with Crippen LogP contribution in [0.1, 0.15) is 86.7 Å². The Morgan fingerprint density at radius 3 is 1.95 bits per heavy atom. The van der Waals surface area contributed by atoms with Gasteiger partial charge in [-0.1, -0.05) is 87.5 Å². The molecule has 4 unspecified atom stereocenters. The fourth-order valence-corrected chi connectivity index (χ4v) is 12.8. The maximum Gasteiger partial charge on any atom is 0.338 e. The Morgan fingerprint density at radius 2 is 1.40 bits per heavy atom. The Bertz CT molecular complexity index is 2310. The third kappa shape index (κ3) is 5.43. The van der Waals surface area contributed by atoms with Crippen LogP contribution in [0, 0.1) is 27.6 Å². The Hall–Kier alpha value is -5.48. The number of ether oxygens (including phenoxy) is 5. The molecule has 8 rings (SSSR count). The predicted molar refractivity (Wildman–Crippen MR) is 216 cm³/mol. The van der Waals surface area contributed by atoms with E-state index in [2.05, 4.69) is 5.32 Å². The molecule has 3 aromatic carbocycles. The van der Waals surface area contributed by atoms with Crippen molar-refractivity contribution in [3.05, 3.63) is 108 Å². The van der Waals surface area contributed by atoms with E-state index in [1.54, 1.807) is 99.6 Å². The van der Waals surface area contributed by atoms with Gasteiger partial charge >= 0.3 is 23.9 Å². The van der Waals surface area contributed by atoms with Gasteiger partial charge in [0.15, 0.2) is 23.6 Å². The Kier molecular flexibility index (Phi) is 10.3. The van der Waals surface area contributed by atoms with Gasteiger partial charge in [0, 0.05) is 49.0 Å². The first-order chi connectivity index (χ1) is 29.3. The summed E-state index contributed by atoms with van der Waals surface area (Å²) in [6.45, 7) is 8.25. The van der Waals surface area contributed by atoms with Crippen molar-refractivity contribution < 1.29 is 67.8 Å². The Morgan fingerprint density at radius 1 is 0.823 bits per heavy atom. The second-order valence-electron chi connectivity index (χ2n) is 18.1. The number of hydrogen-bond donors (Lipinski definition) is 4. The zero-order chi connectivity index (χ0) is 44.8. The van der Waals surface area contributed by atoms with Crippen molar-refractivity contribution in [2.24, 2.45) is 27.6 Å². The van der Waals surface area contributed by atoms with E-state index in [1.165, 1.54) is 19.1 Å². The van der Waals surface area contributed by atoms with Crippen molar-refractivity contribution in [2.45, 2.75) is 108 Å². The van der Waals surface area contributed by atoms with Crippen LogP contribution in [0.5, 0.6) is 0 Å². The lowest BCUT2D eigenvalue weighted by atomic mass is 9.37. The lowest BCUT2D eigenvalue weighted by Crippen LogP contribution is -2.84. The van der Waals surface area contributed by atoms with E-state index >= 15 is 4.79 Å². The average Bonchev–Trinajstić information content (AvgIpc) is 3.46. The molecule has 1 heterocycles. The fourth-order valence-electron chi connectivity index (χ4n) is 12.8. The minimum absolute atomic E-state index is 0.0753. The molecule has 1 aliphatic heterocycles. The van der Waals surface area contributed by atoms with Crippen molar-refractivity contribution in [2.75, 3.05) is 6.61 Å². The number of nitrogens with one attached hydrogen (secondary N) is 1. The van der Waals surface area contributed by atoms with E-state index in [1.807, 2.05) is 0 Å². The van der Waals surface area contributed by atoms with Crippen molar-refractivity contribution in [1.29, 1.82) is 0 Å². The summed E-state index contributed by atoms with van der Waals surface area (Å²) in [6.07, 6.45) is -10.5. The summed E-state index contributed by atoms with van der Waals surface area (Å²) in [5.74, 6) is -6.35. The molecule has 4 aliphatic carbocycles. The first-order valence-corrected chi connectivity index (χ1v) is 20.8. The van der Waals surface area contributed by atoms with Crippen LogP contribution in [0.25, 0.3) is 0 Å². The Labute approximate surface area is 358 Å². The monoisotopic (exact) mass is 853 g/mol. The van der Waals surface area contributed by atoms with Crippen LogP contribution in [-0.4, -0.2) is 105 Å². The van der Waals surface area contributed by atoms with Crippen LogP contribution in [0.3, 0.4) is 0 Å². The number of benzene rings is 3. The second kappa shape index (κ2) is 14.8. The van der Waals surface area contributed by atoms with Gasteiger partial charge in [0.1, 0.15) is 23.9 Å². The van der Waals surface area contributed by atoms with Crippen LogP contribution >= 0.6 is 0 Å². The van der Waals surface area contributed by atoms with E-state index in [9.17, 15) is 39.3 Å². The third-order valence-corrected chi connectivity index (χ3v) is 15.3. The van der Waals surface area contributed by atoms with Gasteiger partial charge in [-0.25, -0.2) is 9.59 Å². The molecule has 0 radical (unpaired) electrons. The fraction of sp³-hybridized carbons (Fsp3) is 0.489. The molecule has 15 nitrogen and oxygen atoms in total. The highest BCUT2D eigenvalue weighted by Gasteiger charge is 3.02. The number of fused-ring (bicyclic) bond motifs is 2. The predicted octanol–water partition coefficient (Wildman–Crippen LogP) is 3.43. The smallest absolute Gasteiger partial charge is 0.338 e. The molecule has 3 aromatic rings. The molecule has 1 saturated heterocycles. The van der Waals surface area contributed by atoms with Crippen LogP contribution in [0.15, 0.2) is 91.0 Å². The molecule has 2 bridgehead atoms. The number of aliphatic hydroxyl groups is 3. The van der Waals surface area contributed by atoms with Gasteiger partial charge in [-0.2, -0.15) is 0 Å². The van der Waals surface area contributed by atoms with Crippen LogP contribution in [0.4, 0.5) is 0 Å². The van der Waals surface area contributed by atoms with Crippen molar-refractivity contribution >= 4 is 35.6 Å². The summed E-state index contributed by atoms with van der Waals surface area (Å²) in [6, 6.07) is 23.0. The van der Waals surface area contributed by atoms with Crippen LogP contribution in [0.2, 0.25) is 0 Å². The molecule has 62 heavy (non-hydrogen) atoms. The maximum atomic E-state index is 15.5. The number of rotatable bonds is 10. The molecule has 13 atom stereocenters. The van der Waals surface area contributed by atoms with Crippen molar-refractivity contribution in [3.63, 3.8) is 0 Å². The molecular formula is C47H51NO14. The number of aliphatic hydroxyl groups excluding tert-OH is 2. The molecule has 328 valence electrons. The summed E-state index contributed by atoms with van der Waals surface area (Å²) >= 11 is 0. The summed E-state index contributed by atoms with van der Waals surface area (Å²) in [7, 11) is 0. The van der Waals surface area contributed by atoms with E-state index < -0.39 is 123 Å². The molecule has 2 spiro atoms. The van der Waals surface area contributed by atoms with Gasteiger partial charge in [0.05, 0.1) is 35.1 Å². The van der Waals surface area contributed by atoms with Crippen molar-refractivity contribution in [1.82, 2.24) is 5.32 Å². The number of esters is 4. The summed E-state index contributed by atoms with van der Waals surface area (Å²) in [5, 5.41) is 40.7. The molecule has 5 fully saturated rings. The van der Waals surface area contributed by atoms with Crippen LogP contribution < -0.4 is 5.32 Å². The number of Topliss-reactive ketones (excluding diaryl/α,β-unsaturated/α-hetero) is 1. The zero-order valence-corrected chi connectivity index (χ0v) is 35.2. The Balaban J connectivity index is 1.32. The van der Waals surface area contributed by atoms with E-state index in [4.69, 9.17) is 23.7 Å². The van der Waals surface area contributed by atoms with Gasteiger partial charge in [0.2, 0.25) is 0 Å². The zero-order valence-electron chi connectivity index (χ0n) is 35.2. The number of hydrogen-bond acceptors (Lipinski definition) is 14. The van der Waals surface area contributed by atoms with Gasteiger partial charge < -0.3 is 44.3 Å².